The van der Waals surface area contributed by atoms with Gasteiger partial charge in [-0.25, -0.2) is 0 Å². The zero-order valence-corrected chi connectivity index (χ0v) is 61.9. The Morgan fingerprint density at radius 2 is 0.456 bits per heavy atom. The molecule has 0 aliphatic rings. The van der Waals surface area contributed by atoms with Crippen LogP contribution in [0.3, 0.4) is 0 Å². The van der Waals surface area contributed by atoms with Gasteiger partial charge in [0.2, 0.25) is 5.91 Å². The molecule has 0 aromatic heterocycles. The van der Waals surface area contributed by atoms with E-state index in [4.69, 9.17) is 4.74 Å². The van der Waals surface area contributed by atoms with Crippen LogP contribution in [0.2, 0.25) is 0 Å². The molecule has 0 aliphatic heterocycles. The molecule has 0 aromatic rings. The van der Waals surface area contributed by atoms with Gasteiger partial charge in [0.15, 0.2) is 0 Å². The minimum atomic E-state index is -0.660. The van der Waals surface area contributed by atoms with Crippen LogP contribution in [0.1, 0.15) is 502 Å². The Bertz CT molecular complexity index is 1320. The minimum Gasteiger partial charge on any atom is -0.466 e. The maximum absolute atomic E-state index is 12.6. The largest absolute Gasteiger partial charge is 0.466 e. The predicted octanol–water partition coefficient (Wildman–Crippen LogP) is 28.1. The molecular weight excluding hydrogens is 1100 g/mol. The first-order valence-corrected chi connectivity index (χ1v) is 42.3. The zero-order valence-electron chi connectivity index (χ0n) is 61.9. The second-order valence-corrected chi connectivity index (χ2v) is 29.5. The number of amides is 1. The Kier molecular flexibility index (Phi) is 79.3. The summed E-state index contributed by atoms with van der Waals surface area (Å²) in [5, 5.41) is 23.5. The summed E-state index contributed by atoms with van der Waals surface area (Å²) in [4.78, 5) is 24.7. The molecule has 0 aliphatic carbocycles. The summed E-state index contributed by atoms with van der Waals surface area (Å²) in [6, 6.07) is -0.537. The highest BCUT2D eigenvalue weighted by Crippen LogP contribution is 2.21. The number of ether oxygens (including phenoxy) is 1. The molecule has 1 amide bonds. The lowest BCUT2D eigenvalue weighted by Gasteiger charge is -2.22. The molecule has 3 N–H and O–H groups in total. The van der Waals surface area contributed by atoms with E-state index >= 15 is 0 Å². The van der Waals surface area contributed by atoms with Gasteiger partial charge in [-0.1, -0.05) is 463 Å². The molecule has 6 nitrogen and oxygen atoms in total. The van der Waals surface area contributed by atoms with Gasteiger partial charge in [0, 0.05) is 12.8 Å². The normalized spacial score (nSPS) is 12.4. The molecule has 90 heavy (non-hydrogen) atoms. The average molecular weight is 1270 g/mol. The molecule has 0 heterocycles. The molecule has 0 bridgehead atoms. The van der Waals surface area contributed by atoms with E-state index in [1.54, 1.807) is 0 Å². The lowest BCUT2D eigenvalue weighted by molar-refractivity contribution is -0.143. The van der Waals surface area contributed by atoms with Crippen molar-refractivity contribution < 1.29 is 24.5 Å². The molecule has 6 heteroatoms. The fourth-order valence-electron chi connectivity index (χ4n) is 14.0. The van der Waals surface area contributed by atoms with Gasteiger partial charge in [-0.2, -0.15) is 0 Å². The van der Waals surface area contributed by atoms with Crippen LogP contribution in [0, 0.1) is 0 Å². The van der Waals surface area contributed by atoms with Crippen molar-refractivity contribution in [3.8, 4) is 0 Å². The second kappa shape index (κ2) is 80.3. The lowest BCUT2D eigenvalue weighted by Crippen LogP contribution is -2.45. The van der Waals surface area contributed by atoms with Crippen molar-refractivity contribution in [1.82, 2.24) is 5.32 Å². The number of carbonyl (C=O) groups excluding carboxylic acids is 2. The van der Waals surface area contributed by atoms with Crippen molar-refractivity contribution in [2.45, 2.75) is 514 Å². The predicted molar refractivity (Wildman–Crippen MR) is 398 cm³/mol. The standard InChI is InChI=1S/C84H167NO5/c1-3-5-7-9-11-13-15-17-19-21-22-42-45-48-52-56-60-64-68-72-76-82(87)81(80-86)85-83(88)77-73-69-65-61-57-53-49-46-43-40-38-36-34-32-30-28-26-24-23-25-27-29-31-33-35-37-39-41-44-47-51-55-59-63-67-71-75-79-90-84(89)78-74-70-66-62-58-54-50-20-18-16-14-12-10-8-6-4-2/h81-82,86-87H,3-80H2,1-2H3,(H,85,88). The summed E-state index contributed by atoms with van der Waals surface area (Å²) in [5.74, 6) is 0.00534. The van der Waals surface area contributed by atoms with Gasteiger partial charge in [0.1, 0.15) is 0 Å². The van der Waals surface area contributed by atoms with Crippen LogP contribution in [0.5, 0.6) is 0 Å². The monoisotopic (exact) mass is 1270 g/mol. The van der Waals surface area contributed by atoms with Crippen molar-refractivity contribution >= 4 is 11.9 Å². The van der Waals surface area contributed by atoms with Gasteiger partial charge in [-0.3, -0.25) is 9.59 Å². The maximum atomic E-state index is 12.6. The summed E-state index contributed by atoms with van der Waals surface area (Å²) in [7, 11) is 0. The third-order valence-electron chi connectivity index (χ3n) is 20.4. The first kappa shape index (κ1) is 88.9. The van der Waals surface area contributed by atoms with Gasteiger partial charge in [0.25, 0.3) is 0 Å². The van der Waals surface area contributed by atoms with Crippen LogP contribution in [-0.4, -0.2) is 47.4 Å². The number of hydrogen-bond donors (Lipinski definition) is 3. The van der Waals surface area contributed by atoms with Crippen LogP contribution in [0.15, 0.2) is 0 Å². The highest BCUT2D eigenvalue weighted by atomic mass is 16.5. The maximum Gasteiger partial charge on any atom is 0.305 e. The average Bonchev–Trinajstić information content (AvgIpc) is 3.58. The van der Waals surface area contributed by atoms with Crippen LogP contribution >= 0.6 is 0 Å². The minimum absolute atomic E-state index is 0.0231. The van der Waals surface area contributed by atoms with Gasteiger partial charge in [-0.05, 0) is 25.7 Å². The van der Waals surface area contributed by atoms with E-state index in [0.29, 0.717) is 25.9 Å². The molecule has 0 rings (SSSR count). The first-order chi connectivity index (χ1) is 44.5. The quantitative estimate of drug-likeness (QED) is 0.0417. The van der Waals surface area contributed by atoms with Gasteiger partial charge in [-0.15, -0.1) is 0 Å². The Morgan fingerprint density at radius 3 is 0.678 bits per heavy atom. The lowest BCUT2D eigenvalue weighted by atomic mass is 10.0. The smallest absolute Gasteiger partial charge is 0.305 e. The Hall–Kier alpha value is -1.14. The number of unbranched alkanes of at least 4 members (excludes halogenated alkanes) is 70. The first-order valence-electron chi connectivity index (χ1n) is 42.3. The van der Waals surface area contributed by atoms with Gasteiger partial charge in [0.05, 0.1) is 25.4 Å². The summed E-state index contributed by atoms with van der Waals surface area (Å²) >= 11 is 0. The number of rotatable bonds is 81. The van der Waals surface area contributed by atoms with Crippen molar-refractivity contribution in [2.24, 2.45) is 0 Å². The second-order valence-electron chi connectivity index (χ2n) is 29.5. The zero-order chi connectivity index (χ0) is 64.9. The van der Waals surface area contributed by atoms with E-state index in [0.717, 1.165) is 38.5 Å². The van der Waals surface area contributed by atoms with Crippen LogP contribution < -0.4 is 5.32 Å². The van der Waals surface area contributed by atoms with Crippen LogP contribution in [-0.2, 0) is 14.3 Å². The van der Waals surface area contributed by atoms with Crippen LogP contribution in [0.4, 0.5) is 0 Å². The van der Waals surface area contributed by atoms with E-state index < -0.39 is 12.1 Å². The van der Waals surface area contributed by atoms with Crippen molar-refractivity contribution in [3.05, 3.63) is 0 Å². The number of carbonyl (C=O) groups is 2. The number of nitrogens with one attached hydrogen (secondary N) is 1. The van der Waals surface area contributed by atoms with Gasteiger partial charge < -0.3 is 20.3 Å². The van der Waals surface area contributed by atoms with Crippen molar-refractivity contribution in [1.29, 1.82) is 0 Å². The molecule has 0 saturated carbocycles. The molecule has 538 valence electrons. The molecule has 0 aromatic carbocycles. The molecule has 2 unspecified atom stereocenters. The van der Waals surface area contributed by atoms with Crippen LogP contribution in [0.25, 0.3) is 0 Å². The summed E-state index contributed by atoms with van der Waals surface area (Å²) in [6.45, 7) is 5.03. The Balaban J connectivity index is 3.29. The SMILES string of the molecule is CCCCCCCCCCCCCCCCCCCCCCC(O)C(CO)NC(=O)CCCCCCCCCCCCCCCCCCCCCCCCCCCCCCCCCCCCCCCOC(=O)CCCCCCCCCCCCCCCCCC. The highest BCUT2D eigenvalue weighted by Gasteiger charge is 2.20. The number of aliphatic hydroxyl groups excluding tert-OH is 2. The van der Waals surface area contributed by atoms with Crippen molar-refractivity contribution in [3.63, 3.8) is 0 Å². The number of esters is 1. The Labute approximate surface area is 566 Å². The summed E-state index contributed by atoms with van der Waals surface area (Å²) in [5.41, 5.74) is 0. The Morgan fingerprint density at radius 1 is 0.267 bits per heavy atom. The topological polar surface area (TPSA) is 95.9 Å². The number of hydrogen-bond acceptors (Lipinski definition) is 5. The third-order valence-corrected chi connectivity index (χ3v) is 20.4. The third kappa shape index (κ3) is 75.9. The number of aliphatic hydroxyl groups is 2. The molecule has 0 spiro atoms. The highest BCUT2D eigenvalue weighted by molar-refractivity contribution is 5.76. The molecule has 0 saturated heterocycles. The molecular formula is C84H167NO5. The molecule has 0 fully saturated rings. The van der Waals surface area contributed by atoms with Crippen molar-refractivity contribution in [2.75, 3.05) is 13.2 Å². The van der Waals surface area contributed by atoms with E-state index in [2.05, 4.69) is 19.2 Å². The summed E-state index contributed by atoms with van der Waals surface area (Å²) < 4.78 is 5.52. The van der Waals surface area contributed by atoms with E-state index in [1.165, 1.54) is 430 Å². The molecule has 0 radical (unpaired) electrons. The fourth-order valence-corrected chi connectivity index (χ4v) is 14.0. The molecule has 2 atom stereocenters. The van der Waals surface area contributed by atoms with E-state index in [-0.39, 0.29) is 18.5 Å². The summed E-state index contributed by atoms with van der Waals surface area (Å²) in [6.07, 6.45) is 101. The van der Waals surface area contributed by atoms with E-state index in [9.17, 15) is 19.8 Å². The van der Waals surface area contributed by atoms with Gasteiger partial charge >= 0.3 is 5.97 Å². The fraction of sp³-hybridized carbons (Fsp3) is 0.976. The van der Waals surface area contributed by atoms with E-state index in [1.807, 2.05) is 0 Å².